The molecule has 2 aromatic carbocycles. The zero-order valence-electron chi connectivity index (χ0n) is 13.9. The Labute approximate surface area is 160 Å². The highest BCUT2D eigenvalue weighted by Gasteiger charge is 2.08. The lowest BCUT2D eigenvalue weighted by molar-refractivity contribution is -0.116. The third-order valence-electron chi connectivity index (χ3n) is 3.70. The van der Waals surface area contributed by atoms with Crippen LogP contribution in [0, 0.1) is 0 Å². The van der Waals surface area contributed by atoms with Gasteiger partial charge in [-0.05, 0) is 53.8 Å². The van der Waals surface area contributed by atoms with E-state index in [4.69, 9.17) is 11.6 Å². The van der Waals surface area contributed by atoms with Gasteiger partial charge in [0.05, 0.1) is 4.88 Å². The van der Waals surface area contributed by atoms with E-state index in [0.717, 1.165) is 5.56 Å². The summed E-state index contributed by atoms with van der Waals surface area (Å²) in [7, 11) is 0. The molecule has 1 heterocycles. The number of halogens is 1. The quantitative estimate of drug-likeness (QED) is 0.611. The van der Waals surface area contributed by atoms with Crippen LogP contribution in [0.4, 0.5) is 11.4 Å². The maximum Gasteiger partial charge on any atom is 0.265 e. The van der Waals surface area contributed by atoms with Gasteiger partial charge in [-0.2, -0.15) is 0 Å². The number of aryl methyl sites for hydroxylation is 1. The second-order valence-electron chi connectivity index (χ2n) is 5.69. The van der Waals surface area contributed by atoms with E-state index in [0.29, 0.717) is 34.1 Å². The Morgan fingerprint density at radius 2 is 1.65 bits per heavy atom. The van der Waals surface area contributed by atoms with E-state index in [-0.39, 0.29) is 11.8 Å². The fourth-order valence-electron chi connectivity index (χ4n) is 2.41. The smallest absolute Gasteiger partial charge is 0.265 e. The minimum Gasteiger partial charge on any atom is -0.326 e. The first-order valence-corrected chi connectivity index (χ1v) is 9.35. The molecule has 0 spiro atoms. The van der Waals surface area contributed by atoms with Gasteiger partial charge in [0, 0.05) is 22.8 Å². The molecular weight excluding hydrogens is 368 g/mol. The number of benzene rings is 2. The Morgan fingerprint density at radius 1 is 0.923 bits per heavy atom. The summed E-state index contributed by atoms with van der Waals surface area (Å²) in [5.74, 6) is -0.243. The predicted molar refractivity (Wildman–Crippen MR) is 107 cm³/mol. The van der Waals surface area contributed by atoms with E-state index in [9.17, 15) is 9.59 Å². The molecule has 2 amide bonds. The van der Waals surface area contributed by atoms with E-state index in [2.05, 4.69) is 10.6 Å². The van der Waals surface area contributed by atoms with Crippen molar-refractivity contribution in [3.05, 3.63) is 81.5 Å². The molecule has 6 heteroatoms. The molecule has 26 heavy (non-hydrogen) atoms. The normalized spacial score (nSPS) is 10.3. The highest BCUT2D eigenvalue weighted by Crippen LogP contribution is 2.18. The van der Waals surface area contributed by atoms with Gasteiger partial charge in [0.15, 0.2) is 0 Å². The van der Waals surface area contributed by atoms with E-state index >= 15 is 0 Å². The van der Waals surface area contributed by atoms with Crippen LogP contribution in [-0.2, 0) is 11.2 Å². The molecule has 0 saturated carbocycles. The molecule has 2 N–H and O–H groups in total. The summed E-state index contributed by atoms with van der Waals surface area (Å²) in [6.07, 6.45) is 1.01. The zero-order valence-corrected chi connectivity index (χ0v) is 15.4. The number of hydrogen-bond acceptors (Lipinski definition) is 3. The average Bonchev–Trinajstić information content (AvgIpc) is 3.16. The summed E-state index contributed by atoms with van der Waals surface area (Å²) < 4.78 is 0. The zero-order chi connectivity index (χ0) is 18.4. The SMILES string of the molecule is O=C(CCc1ccc(Cl)cc1)Nc1cccc(NC(=O)c2cccs2)c1. The molecule has 3 aromatic rings. The Kier molecular flexibility index (Phi) is 6.04. The van der Waals surface area contributed by atoms with Crippen LogP contribution in [0.2, 0.25) is 5.02 Å². The minimum absolute atomic E-state index is 0.0818. The van der Waals surface area contributed by atoms with Crippen molar-refractivity contribution in [2.75, 3.05) is 10.6 Å². The number of hydrogen-bond donors (Lipinski definition) is 2. The number of amides is 2. The van der Waals surface area contributed by atoms with Gasteiger partial charge in [-0.1, -0.05) is 35.9 Å². The van der Waals surface area contributed by atoms with Crippen molar-refractivity contribution in [1.82, 2.24) is 0 Å². The van der Waals surface area contributed by atoms with Gasteiger partial charge in [0.25, 0.3) is 5.91 Å². The number of anilines is 2. The monoisotopic (exact) mass is 384 g/mol. The first kappa shape index (κ1) is 18.2. The molecule has 3 rings (SSSR count). The van der Waals surface area contributed by atoms with Crippen molar-refractivity contribution < 1.29 is 9.59 Å². The topological polar surface area (TPSA) is 58.2 Å². The van der Waals surface area contributed by atoms with Crippen molar-refractivity contribution in [3.8, 4) is 0 Å². The Balaban J connectivity index is 1.55. The van der Waals surface area contributed by atoms with Crippen LogP contribution in [0.15, 0.2) is 66.0 Å². The van der Waals surface area contributed by atoms with Crippen LogP contribution in [-0.4, -0.2) is 11.8 Å². The summed E-state index contributed by atoms with van der Waals surface area (Å²) in [6, 6.07) is 18.2. The maximum absolute atomic E-state index is 12.2. The highest BCUT2D eigenvalue weighted by atomic mass is 35.5. The summed E-state index contributed by atoms with van der Waals surface area (Å²) in [5, 5.41) is 8.22. The standard InChI is InChI=1S/C20H17ClN2O2S/c21-15-9-6-14(7-10-15)8-11-19(24)22-16-3-1-4-17(13-16)23-20(25)18-5-2-12-26-18/h1-7,9-10,12-13H,8,11H2,(H,22,24)(H,23,25). The Bertz CT molecular complexity index is 892. The summed E-state index contributed by atoms with van der Waals surface area (Å²) in [6.45, 7) is 0. The van der Waals surface area contributed by atoms with Crippen LogP contribution in [0.25, 0.3) is 0 Å². The Hall–Kier alpha value is -2.63. The van der Waals surface area contributed by atoms with Gasteiger partial charge < -0.3 is 10.6 Å². The molecule has 4 nitrogen and oxygen atoms in total. The largest absolute Gasteiger partial charge is 0.326 e. The molecule has 0 fully saturated rings. The fourth-order valence-corrected chi connectivity index (χ4v) is 3.15. The number of carbonyl (C=O) groups excluding carboxylic acids is 2. The molecule has 0 saturated heterocycles. The number of thiophene rings is 1. The van der Waals surface area contributed by atoms with Crippen LogP contribution in [0.3, 0.4) is 0 Å². The average molecular weight is 385 g/mol. The minimum atomic E-state index is -0.161. The van der Waals surface area contributed by atoms with E-state index in [1.807, 2.05) is 35.7 Å². The number of carbonyl (C=O) groups is 2. The lowest BCUT2D eigenvalue weighted by Crippen LogP contribution is -2.13. The molecule has 132 valence electrons. The molecule has 0 aliphatic rings. The first-order valence-electron chi connectivity index (χ1n) is 8.09. The summed E-state index contributed by atoms with van der Waals surface area (Å²) >= 11 is 7.24. The Morgan fingerprint density at radius 3 is 2.35 bits per heavy atom. The molecule has 0 unspecified atom stereocenters. The number of nitrogens with one attached hydrogen (secondary N) is 2. The molecule has 0 radical (unpaired) electrons. The van der Waals surface area contributed by atoms with E-state index in [1.165, 1.54) is 11.3 Å². The third-order valence-corrected chi connectivity index (χ3v) is 4.82. The second kappa shape index (κ2) is 8.65. The molecule has 0 atom stereocenters. The third kappa shape index (κ3) is 5.18. The molecular formula is C20H17ClN2O2S. The van der Waals surface area contributed by atoms with E-state index in [1.54, 1.807) is 30.3 Å². The van der Waals surface area contributed by atoms with Crippen LogP contribution < -0.4 is 10.6 Å². The van der Waals surface area contributed by atoms with Gasteiger partial charge in [0.2, 0.25) is 5.91 Å². The van der Waals surface area contributed by atoms with E-state index < -0.39 is 0 Å². The van der Waals surface area contributed by atoms with Gasteiger partial charge >= 0.3 is 0 Å². The van der Waals surface area contributed by atoms with Crippen molar-refractivity contribution in [2.45, 2.75) is 12.8 Å². The van der Waals surface area contributed by atoms with Crippen molar-refractivity contribution >= 4 is 46.1 Å². The van der Waals surface area contributed by atoms with Crippen molar-refractivity contribution in [3.63, 3.8) is 0 Å². The van der Waals surface area contributed by atoms with Crippen LogP contribution >= 0.6 is 22.9 Å². The van der Waals surface area contributed by atoms with Crippen molar-refractivity contribution in [2.24, 2.45) is 0 Å². The van der Waals surface area contributed by atoms with Crippen molar-refractivity contribution in [1.29, 1.82) is 0 Å². The van der Waals surface area contributed by atoms with Gasteiger partial charge in [-0.25, -0.2) is 0 Å². The molecule has 0 bridgehead atoms. The van der Waals surface area contributed by atoms with Crippen LogP contribution in [0.1, 0.15) is 21.7 Å². The van der Waals surface area contributed by atoms with Gasteiger partial charge in [-0.15, -0.1) is 11.3 Å². The van der Waals surface area contributed by atoms with Gasteiger partial charge in [-0.3, -0.25) is 9.59 Å². The molecule has 1 aromatic heterocycles. The predicted octanol–water partition coefficient (Wildman–Crippen LogP) is 5.23. The fraction of sp³-hybridized carbons (Fsp3) is 0.100. The summed E-state index contributed by atoms with van der Waals surface area (Å²) in [5.41, 5.74) is 2.34. The number of rotatable bonds is 6. The molecule has 0 aliphatic carbocycles. The molecule has 0 aliphatic heterocycles. The lowest BCUT2D eigenvalue weighted by atomic mass is 10.1. The van der Waals surface area contributed by atoms with Crippen LogP contribution in [0.5, 0.6) is 0 Å². The maximum atomic E-state index is 12.2. The lowest BCUT2D eigenvalue weighted by Gasteiger charge is -2.08. The second-order valence-corrected chi connectivity index (χ2v) is 7.07. The highest BCUT2D eigenvalue weighted by molar-refractivity contribution is 7.12. The summed E-state index contributed by atoms with van der Waals surface area (Å²) in [4.78, 5) is 24.9. The van der Waals surface area contributed by atoms with Gasteiger partial charge in [0.1, 0.15) is 0 Å². The first-order chi connectivity index (χ1) is 12.6.